The summed E-state index contributed by atoms with van der Waals surface area (Å²) in [5, 5.41) is 2.04. The Labute approximate surface area is 245 Å². The third kappa shape index (κ3) is 5.13. The van der Waals surface area contributed by atoms with Gasteiger partial charge in [0.15, 0.2) is 0 Å². The number of primary amides is 1. The highest BCUT2D eigenvalue weighted by Crippen LogP contribution is 2.35. The number of morpholine rings is 2. The molecule has 42 heavy (non-hydrogen) atoms. The molecule has 2 fully saturated rings. The minimum absolute atomic E-state index is 0.447. The molecule has 8 nitrogen and oxygen atoms in total. The molecule has 2 aliphatic rings. The molecule has 7 rings (SSSR count). The van der Waals surface area contributed by atoms with Crippen LogP contribution in [0.25, 0.3) is 44.1 Å². The highest BCUT2D eigenvalue weighted by molar-refractivity contribution is 6.16. The van der Waals surface area contributed by atoms with Crippen LogP contribution in [0.1, 0.15) is 21.5 Å². The van der Waals surface area contributed by atoms with Crippen LogP contribution in [0.15, 0.2) is 66.9 Å². The van der Waals surface area contributed by atoms with Crippen LogP contribution in [0, 0.1) is 6.92 Å². The average Bonchev–Trinajstić information content (AvgIpc) is 3.40. The smallest absolute Gasteiger partial charge is 0.250 e. The van der Waals surface area contributed by atoms with E-state index < -0.39 is 5.91 Å². The molecule has 5 aromatic rings. The summed E-state index contributed by atoms with van der Waals surface area (Å²) >= 11 is 0. The van der Waals surface area contributed by atoms with Crippen LogP contribution in [0.4, 0.5) is 5.82 Å². The van der Waals surface area contributed by atoms with Gasteiger partial charge in [-0.05, 0) is 65.1 Å². The van der Waals surface area contributed by atoms with Gasteiger partial charge in [0, 0.05) is 60.8 Å². The molecule has 0 spiro atoms. The summed E-state index contributed by atoms with van der Waals surface area (Å²) in [4.78, 5) is 25.5. The Hall–Kier alpha value is -4.24. The Bertz CT molecular complexity index is 1770. The maximum atomic E-state index is 12.6. The Balaban J connectivity index is 1.22. The molecule has 0 atom stereocenters. The van der Waals surface area contributed by atoms with Crippen molar-refractivity contribution in [3.63, 3.8) is 0 Å². The quantitative estimate of drug-likeness (QED) is 0.299. The number of ether oxygens (including phenoxy) is 2. The predicted octanol–water partition coefficient (Wildman–Crippen LogP) is 5.13. The number of carbonyl (C=O) groups is 1. The standard InChI is InChI=1S/C34H35N5O3/c1-22-16-23(2-3-26(22)21-38-8-12-41-13-9-38)27-17-29-28-6-4-24(19-31(28)37-33(29)30(18-27)34(35)40)25-5-7-32(36-20-25)39-10-14-42-15-11-39/h2-7,16-20,37H,8-15,21H2,1H3,(H2,35,40). The van der Waals surface area contributed by atoms with Crippen molar-refractivity contribution in [2.45, 2.75) is 13.5 Å². The molecular formula is C34H35N5O3. The lowest BCUT2D eigenvalue weighted by molar-refractivity contribution is 0.0341. The van der Waals surface area contributed by atoms with Gasteiger partial charge in [0.25, 0.3) is 5.91 Å². The minimum atomic E-state index is -0.447. The summed E-state index contributed by atoms with van der Waals surface area (Å²) in [6.07, 6.45) is 1.92. The summed E-state index contributed by atoms with van der Waals surface area (Å²) in [5.41, 5.74) is 14.8. The number of hydrogen-bond donors (Lipinski definition) is 2. The summed E-state index contributed by atoms with van der Waals surface area (Å²) in [7, 11) is 0. The molecule has 0 radical (unpaired) electrons. The Morgan fingerprint density at radius 1 is 0.833 bits per heavy atom. The first kappa shape index (κ1) is 26.6. The fraction of sp³-hybridized carbons (Fsp3) is 0.294. The van der Waals surface area contributed by atoms with E-state index in [4.69, 9.17) is 20.2 Å². The van der Waals surface area contributed by atoms with E-state index in [2.05, 4.69) is 76.3 Å². The molecule has 3 aromatic carbocycles. The fourth-order valence-electron chi connectivity index (χ4n) is 6.14. The maximum absolute atomic E-state index is 12.6. The number of fused-ring (bicyclic) bond motifs is 3. The van der Waals surface area contributed by atoms with E-state index in [0.29, 0.717) is 5.56 Å². The van der Waals surface area contributed by atoms with Crippen LogP contribution in [-0.4, -0.2) is 73.4 Å². The molecule has 0 saturated carbocycles. The monoisotopic (exact) mass is 561 g/mol. The number of benzene rings is 3. The number of anilines is 1. The van der Waals surface area contributed by atoms with E-state index >= 15 is 0 Å². The number of aromatic nitrogens is 2. The number of nitrogens with zero attached hydrogens (tertiary/aromatic N) is 3. The fourth-order valence-corrected chi connectivity index (χ4v) is 6.14. The second-order valence-corrected chi connectivity index (χ2v) is 11.2. The van der Waals surface area contributed by atoms with Crippen molar-refractivity contribution in [3.8, 4) is 22.3 Å². The highest BCUT2D eigenvalue weighted by Gasteiger charge is 2.17. The van der Waals surface area contributed by atoms with Gasteiger partial charge < -0.3 is 25.1 Å². The van der Waals surface area contributed by atoms with Crippen molar-refractivity contribution >= 4 is 33.5 Å². The third-order valence-corrected chi connectivity index (χ3v) is 8.56. The Morgan fingerprint density at radius 3 is 2.26 bits per heavy atom. The lowest BCUT2D eigenvalue weighted by atomic mass is 9.95. The van der Waals surface area contributed by atoms with E-state index in [1.807, 2.05) is 12.3 Å². The van der Waals surface area contributed by atoms with Gasteiger partial charge in [0.05, 0.1) is 37.5 Å². The molecule has 2 aliphatic heterocycles. The number of amides is 1. The number of nitrogens with one attached hydrogen (secondary N) is 1. The first-order valence-corrected chi connectivity index (χ1v) is 14.6. The van der Waals surface area contributed by atoms with E-state index in [9.17, 15) is 4.79 Å². The number of aromatic amines is 1. The molecular weight excluding hydrogens is 526 g/mol. The SMILES string of the molecule is Cc1cc(-c2cc(C(N)=O)c3[nH]c4cc(-c5ccc(N6CCOCC6)nc5)ccc4c3c2)ccc1CN1CCOCC1. The van der Waals surface area contributed by atoms with Crippen molar-refractivity contribution in [1.82, 2.24) is 14.9 Å². The zero-order chi connectivity index (χ0) is 28.6. The van der Waals surface area contributed by atoms with E-state index in [1.54, 1.807) is 0 Å². The molecule has 2 aromatic heterocycles. The second kappa shape index (κ2) is 11.2. The topological polar surface area (TPSA) is 96.7 Å². The van der Waals surface area contributed by atoms with Crippen molar-refractivity contribution in [1.29, 1.82) is 0 Å². The first-order chi connectivity index (χ1) is 20.5. The number of aryl methyl sites for hydroxylation is 1. The van der Waals surface area contributed by atoms with Gasteiger partial charge in [-0.25, -0.2) is 4.98 Å². The Kier molecular flexibility index (Phi) is 7.11. The molecule has 214 valence electrons. The van der Waals surface area contributed by atoms with Crippen molar-refractivity contribution in [2.24, 2.45) is 5.73 Å². The first-order valence-electron chi connectivity index (χ1n) is 14.6. The lowest BCUT2D eigenvalue weighted by Gasteiger charge is -2.27. The van der Waals surface area contributed by atoms with Gasteiger partial charge in [-0.2, -0.15) is 0 Å². The number of H-pyrrole nitrogens is 1. The molecule has 0 unspecified atom stereocenters. The molecule has 0 bridgehead atoms. The average molecular weight is 562 g/mol. The summed E-state index contributed by atoms with van der Waals surface area (Å²) in [6.45, 7) is 9.74. The molecule has 1 amide bonds. The van der Waals surface area contributed by atoms with Crippen LogP contribution in [0.5, 0.6) is 0 Å². The number of pyridine rings is 1. The van der Waals surface area contributed by atoms with Crippen molar-refractivity contribution in [3.05, 3.63) is 83.6 Å². The minimum Gasteiger partial charge on any atom is -0.379 e. The zero-order valence-electron chi connectivity index (χ0n) is 23.9. The lowest BCUT2D eigenvalue weighted by Crippen LogP contribution is -2.36. The predicted molar refractivity (Wildman–Crippen MR) is 167 cm³/mol. The van der Waals surface area contributed by atoms with E-state index in [0.717, 1.165) is 109 Å². The largest absolute Gasteiger partial charge is 0.379 e. The number of hydrogen-bond acceptors (Lipinski definition) is 6. The van der Waals surface area contributed by atoms with Crippen LogP contribution in [0.3, 0.4) is 0 Å². The molecule has 0 aliphatic carbocycles. The summed E-state index contributed by atoms with van der Waals surface area (Å²) in [5.74, 6) is 0.522. The molecule has 3 N–H and O–H groups in total. The zero-order valence-corrected chi connectivity index (χ0v) is 23.9. The van der Waals surface area contributed by atoms with Gasteiger partial charge in [-0.15, -0.1) is 0 Å². The van der Waals surface area contributed by atoms with Crippen LogP contribution >= 0.6 is 0 Å². The number of carbonyl (C=O) groups excluding carboxylic acids is 1. The van der Waals surface area contributed by atoms with Crippen LogP contribution in [-0.2, 0) is 16.0 Å². The van der Waals surface area contributed by atoms with E-state index in [1.165, 1.54) is 11.1 Å². The van der Waals surface area contributed by atoms with Crippen LogP contribution < -0.4 is 10.6 Å². The molecule has 2 saturated heterocycles. The summed E-state index contributed by atoms with van der Waals surface area (Å²) in [6, 6.07) is 21.2. The summed E-state index contributed by atoms with van der Waals surface area (Å²) < 4.78 is 11.0. The molecule has 8 heteroatoms. The maximum Gasteiger partial charge on any atom is 0.250 e. The normalized spacial score (nSPS) is 16.4. The van der Waals surface area contributed by atoms with Gasteiger partial charge >= 0.3 is 0 Å². The van der Waals surface area contributed by atoms with Crippen molar-refractivity contribution in [2.75, 3.05) is 57.5 Å². The van der Waals surface area contributed by atoms with E-state index in [-0.39, 0.29) is 0 Å². The van der Waals surface area contributed by atoms with Crippen LogP contribution in [0.2, 0.25) is 0 Å². The van der Waals surface area contributed by atoms with Gasteiger partial charge in [-0.1, -0.05) is 30.3 Å². The second-order valence-electron chi connectivity index (χ2n) is 11.2. The van der Waals surface area contributed by atoms with Crippen molar-refractivity contribution < 1.29 is 14.3 Å². The number of rotatable bonds is 6. The molecule has 4 heterocycles. The van der Waals surface area contributed by atoms with Gasteiger partial charge in [-0.3, -0.25) is 9.69 Å². The highest BCUT2D eigenvalue weighted by atomic mass is 16.5. The third-order valence-electron chi connectivity index (χ3n) is 8.56. The Morgan fingerprint density at radius 2 is 1.55 bits per heavy atom. The van der Waals surface area contributed by atoms with Gasteiger partial charge in [0.2, 0.25) is 0 Å². The van der Waals surface area contributed by atoms with Gasteiger partial charge in [0.1, 0.15) is 5.82 Å². The number of nitrogens with two attached hydrogens (primary N) is 1.